The number of halogens is 1. The second kappa shape index (κ2) is 7.28. The first-order valence-electron chi connectivity index (χ1n) is 9.27. The predicted molar refractivity (Wildman–Crippen MR) is 118 cm³/mol. The maximum atomic E-state index is 12.8. The van der Waals surface area contributed by atoms with Gasteiger partial charge in [-0.15, -0.1) is 0 Å². The molecular weight excluding hydrogens is 400 g/mol. The zero-order valence-corrected chi connectivity index (χ0v) is 16.7. The lowest BCUT2D eigenvalue weighted by atomic mass is 10.1. The van der Waals surface area contributed by atoms with Crippen LogP contribution in [-0.4, -0.2) is 17.1 Å². The summed E-state index contributed by atoms with van der Waals surface area (Å²) >= 11 is 6.22. The van der Waals surface area contributed by atoms with Crippen molar-refractivity contribution in [1.29, 1.82) is 0 Å². The summed E-state index contributed by atoms with van der Waals surface area (Å²) in [7, 11) is 1.56. The van der Waals surface area contributed by atoms with Gasteiger partial charge in [-0.1, -0.05) is 41.9 Å². The van der Waals surface area contributed by atoms with Crippen LogP contribution in [0.25, 0.3) is 44.5 Å². The monoisotopic (exact) mass is 414 g/mol. The summed E-state index contributed by atoms with van der Waals surface area (Å²) in [5.41, 5.74) is 2.52. The Morgan fingerprint density at radius 2 is 1.77 bits per heavy atom. The maximum absolute atomic E-state index is 12.8. The minimum Gasteiger partial charge on any atom is -0.497 e. The van der Waals surface area contributed by atoms with Crippen LogP contribution in [0.3, 0.4) is 0 Å². The highest BCUT2D eigenvalue weighted by Gasteiger charge is 2.16. The molecule has 5 nitrogen and oxygen atoms in total. The van der Waals surface area contributed by atoms with E-state index in [0.717, 1.165) is 16.3 Å². The summed E-state index contributed by atoms with van der Waals surface area (Å²) in [6, 6.07) is 22.2. The fourth-order valence-electron chi connectivity index (χ4n) is 3.41. The number of rotatable bonds is 3. The van der Waals surface area contributed by atoms with E-state index in [2.05, 4.69) is 4.98 Å². The van der Waals surface area contributed by atoms with E-state index < -0.39 is 5.63 Å². The minimum atomic E-state index is -0.511. The zero-order chi connectivity index (χ0) is 20.7. The van der Waals surface area contributed by atoms with E-state index in [4.69, 9.17) is 25.7 Å². The Morgan fingerprint density at radius 3 is 2.57 bits per heavy atom. The van der Waals surface area contributed by atoms with Crippen molar-refractivity contribution in [3.8, 4) is 28.4 Å². The van der Waals surface area contributed by atoms with Gasteiger partial charge in [0.25, 0.3) is 0 Å². The summed E-state index contributed by atoms with van der Waals surface area (Å²) in [5, 5.41) is 2.16. The molecule has 0 radical (unpaired) electrons. The number of benzene rings is 3. The Balaban J connectivity index is 1.78. The summed E-state index contributed by atoms with van der Waals surface area (Å²) < 4.78 is 10.7. The number of hydrogen-bond donors (Lipinski definition) is 0. The lowest BCUT2D eigenvalue weighted by Crippen LogP contribution is -2.06. The molecule has 5 aromatic rings. The quantitative estimate of drug-likeness (QED) is 0.352. The van der Waals surface area contributed by atoms with Gasteiger partial charge in [0.05, 0.1) is 18.3 Å². The van der Waals surface area contributed by atoms with E-state index in [-0.39, 0.29) is 0 Å². The summed E-state index contributed by atoms with van der Waals surface area (Å²) in [5.74, 6) is 0.916. The van der Waals surface area contributed by atoms with Crippen LogP contribution in [0.4, 0.5) is 0 Å². The predicted octanol–water partition coefficient (Wildman–Crippen LogP) is 5.73. The average Bonchev–Trinajstić information content (AvgIpc) is 2.78. The van der Waals surface area contributed by atoms with Gasteiger partial charge in [0.15, 0.2) is 5.82 Å². The van der Waals surface area contributed by atoms with Crippen LogP contribution in [0, 0.1) is 0 Å². The molecule has 2 aromatic heterocycles. The van der Waals surface area contributed by atoms with Gasteiger partial charge in [0.1, 0.15) is 16.9 Å². The lowest BCUT2D eigenvalue weighted by Gasteiger charge is -2.10. The van der Waals surface area contributed by atoms with Gasteiger partial charge >= 0.3 is 5.63 Å². The fraction of sp³-hybridized carbons (Fsp3) is 0.0417. The third-order valence-corrected chi connectivity index (χ3v) is 5.12. The van der Waals surface area contributed by atoms with E-state index in [0.29, 0.717) is 39.0 Å². The van der Waals surface area contributed by atoms with Crippen LogP contribution in [0.15, 0.2) is 82.0 Å². The van der Waals surface area contributed by atoms with Crippen molar-refractivity contribution in [3.63, 3.8) is 0 Å². The summed E-state index contributed by atoms with van der Waals surface area (Å²) in [6.07, 6.45) is 0. The second-order valence-corrected chi connectivity index (χ2v) is 7.21. The molecule has 30 heavy (non-hydrogen) atoms. The number of methoxy groups -OCH3 is 1. The Labute approximate surface area is 176 Å². The van der Waals surface area contributed by atoms with Gasteiger partial charge in [-0.3, -0.25) is 0 Å². The van der Waals surface area contributed by atoms with Crippen LogP contribution >= 0.6 is 11.6 Å². The first-order chi connectivity index (χ1) is 14.6. The second-order valence-electron chi connectivity index (χ2n) is 6.77. The largest absolute Gasteiger partial charge is 0.497 e. The molecular formula is C24H15ClN2O3. The smallest absolute Gasteiger partial charge is 0.347 e. The highest BCUT2D eigenvalue weighted by molar-refractivity contribution is 6.31. The fourth-order valence-corrected chi connectivity index (χ4v) is 3.58. The van der Waals surface area contributed by atoms with Crippen LogP contribution in [0.1, 0.15) is 0 Å². The van der Waals surface area contributed by atoms with Crippen molar-refractivity contribution in [2.75, 3.05) is 7.11 Å². The van der Waals surface area contributed by atoms with Crippen molar-refractivity contribution in [2.45, 2.75) is 0 Å². The number of fused-ring (bicyclic) bond motifs is 2. The van der Waals surface area contributed by atoms with E-state index in [1.807, 2.05) is 54.6 Å². The number of nitrogens with zero attached hydrogens (tertiary/aromatic N) is 2. The maximum Gasteiger partial charge on any atom is 0.347 e. The molecule has 0 amide bonds. The molecule has 6 heteroatoms. The molecule has 0 spiro atoms. The Hall–Kier alpha value is -3.70. The van der Waals surface area contributed by atoms with E-state index in [1.54, 1.807) is 25.3 Å². The van der Waals surface area contributed by atoms with E-state index in [9.17, 15) is 4.79 Å². The van der Waals surface area contributed by atoms with Crippen LogP contribution in [-0.2, 0) is 0 Å². The average molecular weight is 415 g/mol. The zero-order valence-electron chi connectivity index (χ0n) is 15.9. The third kappa shape index (κ3) is 3.19. The van der Waals surface area contributed by atoms with Crippen LogP contribution < -0.4 is 10.4 Å². The minimum absolute atomic E-state index is 0.293. The highest BCUT2D eigenvalue weighted by atomic mass is 35.5. The van der Waals surface area contributed by atoms with Crippen LogP contribution in [0.5, 0.6) is 5.75 Å². The molecule has 0 aliphatic heterocycles. The van der Waals surface area contributed by atoms with Crippen molar-refractivity contribution >= 4 is 33.5 Å². The SMILES string of the molecule is COc1ccc2cc(-c3nc(-c4ccccc4)c4cc(Cl)ccc4n3)c(=O)oc2c1. The first-order valence-corrected chi connectivity index (χ1v) is 9.65. The van der Waals surface area contributed by atoms with Crippen molar-refractivity contribution < 1.29 is 9.15 Å². The molecule has 0 bridgehead atoms. The number of hydrogen-bond acceptors (Lipinski definition) is 5. The topological polar surface area (TPSA) is 65.2 Å². The molecule has 0 N–H and O–H groups in total. The normalized spacial score (nSPS) is 11.1. The highest BCUT2D eigenvalue weighted by Crippen LogP contribution is 2.31. The Bertz CT molecular complexity index is 1460. The van der Waals surface area contributed by atoms with Crippen LogP contribution in [0.2, 0.25) is 5.02 Å². The number of aromatic nitrogens is 2. The standard InChI is InChI=1S/C24H15ClN2O3/c1-29-17-9-7-15-11-19(24(28)30-21(15)13-17)23-26-20-10-8-16(25)12-18(20)22(27-23)14-5-3-2-4-6-14/h2-13H,1H3. The molecule has 3 aromatic carbocycles. The molecule has 0 aliphatic carbocycles. The van der Waals surface area contributed by atoms with Gasteiger partial charge in [-0.2, -0.15) is 0 Å². The molecule has 0 fully saturated rings. The van der Waals surface area contributed by atoms with Gasteiger partial charge in [-0.25, -0.2) is 14.8 Å². The molecule has 5 rings (SSSR count). The molecule has 0 unspecified atom stereocenters. The Morgan fingerprint density at radius 1 is 0.933 bits per heavy atom. The molecule has 0 aliphatic rings. The Kier molecular flexibility index (Phi) is 4.45. The third-order valence-electron chi connectivity index (χ3n) is 4.89. The first kappa shape index (κ1) is 18.3. The van der Waals surface area contributed by atoms with E-state index >= 15 is 0 Å². The molecule has 146 valence electrons. The summed E-state index contributed by atoms with van der Waals surface area (Å²) in [4.78, 5) is 22.1. The lowest BCUT2D eigenvalue weighted by molar-refractivity contribution is 0.414. The van der Waals surface area contributed by atoms with Crippen molar-refractivity contribution in [1.82, 2.24) is 9.97 Å². The van der Waals surface area contributed by atoms with E-state index in [1.165, 1.54) is 0 Å². The van der Waals surface area contributed by atoms with Crippen molar-refractivity contribution in [3.05, 3.63) is 88.2 Å². The molecule has 0 saturated carbocycles. The molecule has 0 saturated heterocycles. The van der Waals surface area contributed by atoms with Crippen molar-refractivity contribution in [2.24, 2.45) is 0 Å². The van der Waals surface area contributed by atoms with Gasteiger partial charge in [0, 0.05) is 27.4 Å². The molecule has 2 heterocycles. The van der Waals surface area contributed by atoms with Gasteiger partial charge < -0.3 is 9.15 Å². The molecule has 0 atom stereocenters. The number of ether oxygens (including phenoxy) is 1. The van der Waals surface area contributed by atoms with Gasteiger partial charge in [0.2, 0.25) is 0 Å². The van der Waals surface area contributed by atoms with Gasteiger partial charge in [-0.05, 0) is 36.4 Å². The summed E-state index contributed by atoms with van der Waals surface area (Å²) in [6.45, 7) is 0.